The molecule has 0 amide bonds. The van der Waals surface area contributed by atoms with Gasteiger partial charge in [-0.05, 0) is 23.8 Å². The average Bonchev–Trinajstić information content (AvgIpc) is 2.67. The van der Waals surface area contributed by atoms with Crippen molar-refractivity contribution < 1.29 is 0 Å². The van der Waals surface area contributed by atoms with Crippen LogP contribution in [0.3, 0.4) is 0 Å². The van der Waals surface area contributed by atoms with E-state index in [1.165, 1.54) is 27.6 Å². The van der Waals surface area contributed by atoms with Gasteiger partial charge in [-0.25, -0.2) is 0 Å². The van der Waals surface area contributed by atoms with Gasteiger partial charge in [0.1, 0.15) is 0 Å². The van der Waals surface area contributed by atoms with Gasteiger partial charge in [0, 0.05) is 11.4 Å². The number of nitrogens with zero attached hydrogens (tertiary/aromatic N) is 1. The van der Waals surface area contributed by atoms with Gasteiger partial charge in [0.2, 0.25) is 0 Å². The lowest BCUT2D eigenvalue weighted by Crippen LogP contribution is -2.46. The molecule has 0 saturated heterocycles. The first kappa shape index (κ1) is 16.9. The number of benzene rings is 3. The quantitative estimate of drug-likeness (QED) is 0.610. The molecule has 0 atom stereocenters. The minimum Gasteiger partial charge on any atom is -0.377 e. The molecule has 3 heteroatoms. The van der Waals surface area contributed by atoms with Gasteiger partial charge in [0.05, 0.1) is 8.07 Å². The van der Waals surface area contributed by atoms with Crippen molar-refractivity contribution in [2.24, 2.45) is 0 Å². The summed E-state index contributed by atoms with van der Waals surface area (Å²) < 4.78 is 0. The van der Waals surface area contributed by atoms with Crippen molar-refractivity contribution in [3.63, 3.8) is 0 Å². The van der Waals surface area contributed by atoms with E-state index in [-0.39, 0.29) is 6.85 Å². The first-order chi connectivity index (χ1) is 12.5. The van der Waals surface area contributed by atoms with Crippen molar-refractivity contribution in [1.82, 2.24) is 0 Å². The summed E-state index contributed by atoms with van der Waals surface area (Å²) in [6.45, 7) is 7.40. The highest BCUT2D eigenvalue weighted by molar-refractivity contribution is 6.88. The molecule has 1 aliphatic rings. The summed E-state index contributed by atoms with van der Waals surface area (Å²) in [5.41, 5.74) is 5.10. The molecule has 128 valence electrons. The lowest BCUT2D eigenvalue weighted by molar-refractivity contribution is 1.36. The van der Waals surface area contributed by atoms with Crippen molar-refractivity contribution in [2.45, 2.75) is 19.6 Å². The molecule has 0 aromatic heterocycles. The fourth-order valence-electron chi connectivity index (χ4n) is 3.61. The molecule has 0 N–H and O–H groups in total. The van der Waals surface area contributed by atoms with Gasteiger partial charge in [-0.2, -0.15) is 0 Å². The Labute approximate surface area is 158 Å². The van der Waals surface area contributed by atoms with Crippen molar-refractivity contribution in [3.8, 4) is 0 Å². The summed E-state index contributed by atoms with van der Waals surface area (Å²) in [6, 6.07) is 28.6. The van der Waals surface area contributed by atoms with Crippen molar-refractivity contribution in [2.75, 3.05) is 4.81 Å². The number of hydrogen-bond donors (Lipinski definition) is 0. The van der Waals surface area contributed by atoms with Crippen LogP contribution in [-0.2, 0) is 0 Å². The van der Waals surface area contributed by atoms with Gasteiger partial charge in [0.25, 0.3) is 0 Å². The van der Waals surface area contributed by atoms with E-state index in [9.17, 15) is 0 Å². The molecule has 3 aromatic carbocycles. The van der Waals surface area contributed by atoms with Crippen LogP contribution in [0, 0.1) is 0 Å². The Morgan fingerprint density at radius 3 is 2.08 bits per heavy atom. The third kappa shape index (κ3) is 3.15. The van der Waals surface area contributed by atoms with Crippen LogP contribution < -0.4 is 15.5 Å². The third-order valence-corrected chi connectivity index (χ3v) is 7.15. The molecule has 1 aliphatic heterocycles. The topological polar surface area (TPSA) is 3.24 Å². The largest absolute Gasteiger partial charge is 0.377 e. The van der Waals surface area contributed by atoms with E-state index >= 15 is 0 Å². The zero-order valence-electron chi connectivity index (χ0n) is 15.7. The molecule has 0 aliphatic carbocycles. The Bertz CT molecular complexity index is 926. The summed E-state index contributed by atoms with van der Waals surface area (Å²) in [5, 5.41) is 1.50. The number of anilines is 2. The van der Waals surface area contributed by atoms with Crippen LogP contribution in [0.15, 0.2) is 84.8 Å². The van der Waals surface area contributed by atoms with Crippen LogP contribution in [0.1, 0.15) is 5.56 Å². The summed E-state index contributed by atoms with van der Waals surface area (Å²) in [4.78, 5) is 2.46. The minimum atomic E-state index is -1.29. The zero-order valence-corrected chi connectivity index (χ0v) is 16.7. The highest BCUT2D eigenvalue weighted by atomic mass is 28.3. The molecule has 3 aromatic rings. The first-order valence-electron chi connectivity index (χ1n) is 9.26. The molecule has 0 radical (unpaired) electrons. The lowest BCUT2D eigenvalue weighted by Gasteiger charge is -2.34. The van der Waals surface area contributed by atoms with E-state index in [0.717, 1.165) is 0 Å². The van der Waals surface area contributed by atoms with Crippen molar-refractivity contribution in [1.29, 1.82) is 0 Å². The van der Waals surface area contributed by atoms with E-state index in [1.807, 2.05) is 0 Å². The van der Waals surface area contributed by atoms with Gasteiger partial charge >= 0.3 is 6.85 Å². The maximum Gasteiger partial charge on any atom is 0.320 e. The smallest absolute Gasteiger partial charge is 0.320 e. The second kappa shape index (κ2) is 6.66. The summed E-state index contributed by atoms with van der Waals surface area (Å²) in [5.74, 6) is 2.31. The average molecular weight is 353 g/mol. The maximum atomic E-state index is 2.46. The van der Waals surface area contributed by atoms with Crippen LogP contribution in [0.5, 0.6) is 0 Å². The second-order valence-electron chi connectivity index (χ2n) is 7.94. The predicted octanol–water partition coefficient (Wildman–Crippen LogP) is 4.83. The Morgan fingerprint density at radius 1 is 0.731 bits per heavy atom. The number of fused-ring (bicyclic) bond motifs is 1. The van der Waals surface area contributed by atoms with Crippen LogP contribution >= 0.6 is 0 Å². The standard InChI is InChI=1S/C23H24BNSi/c1-26(2,3)22-15-13-21(14-16-22)25-23-12-8-7-9-19(23)17-18-24(25)20-10-5-4-6-11-20/h4-18H,1-3H3. The Kier molecular flexibility index (Phi) is 4.33. The summed E-state index contributed by atoms with van der Waals surface area (Å²) in [6.07, 6.45) is 2.25. The van der Waals surface area contributed by atoms with Gasteiger partial charge in [0.15, 0.2) is 0 Å². The van der Waals surface area contributed by atoms with Crippen molar-refractivity contribution in [3.05, 3.63) is 90.4 Å². The van der Waals surface area contributed by atoms with Gasteiger partial charge < -0.3 is 4.81 Å². The van der Waals surface area contributed by atoms with Gasteiger partial charge in [-0.15, -0.1) is 0 Å². The number of para-hydroxylation sites is 1. The molecule has 1 heterocycles. The van der Waals surface area contributed by atoms with Crippen molar-refractivity contribution >= 4 is 43.0 Å². The molecule has 1 nitrogen and oxygen atoms in total. The zero-order chi connectivity index (χ0) is 18.1. The molecular formula is C23H24BNSi. The normalized spacial score (nSPS) is 13.7. The summed E-state index contributed by atoms with van der Waals surface area (Å²) >= 11 is 0. The molecule has 0 bridgehead atoms. The number of rotatable bonds is 3. The Hall–Kier alpha value is -2.52. The highest BCUT2D eigenvalue weighted by Crippen LogP contribution is 2.33. The molecule has 4 rings (SSSR count). The Balaban J connectivity index is 1.82. The van der Waals surface area contributed by atoms with E-state index in [0.29, 0.717) is 0 Å². The SMILES string of the molecule is C[Si](C)(C)c1ccc(N2B(c3ccccc3)C=Cc3ccccc32)cc1. The minimum absolute atomic E-state index is 0.212. The Morgan fingerprint density at radius 2 is 1.38 bits per heavy atom. The van der Waals surface area contributed by atoms with E-state index in [4.69, 9.17) is 0 Å². The fraction of sp³-hybridized carbons (Fsp3) is 0.130. The maximum absolute atomic E-state index is 2.46. The molecule has 0 fully saturated rings. The van der Waals surface area contributed by atoms with Crippen LogP contribution in [0.4, 0.5) is 11.4 Å². The third-order valence-electron chi connectivity index (χ3n) is 5.09. The highest BCUT2D eigenvalue weighted by Gasteiger charge is 2.29. The summed E-state index contributed by atoms with van der Waals surface area (Å²) in [7, 11) is -1.29. The van der Waals surface area contributed by atoms with E-state index in [1.54, 1.807) is 0 Å². The predicted molar refractivity (Wildman–Crippen MR) is 119 cm³/mol. The molecular weight excluding hydrogens is 329 g/mol. The first-order valence-corrected chi connectivity index (χ1v) is 12.8. The van der Waals surface area contributed by atoms with Crippen LogP contribution in [0.2, 0.25) is 19.6 Å². The van der Waals surface area contributed by atoms with Crippen LogP contribution in [-0.4, -0.2) is 14.9 Å². The van der Waals surface area contributed by atoms with Gasteiger partial charge in [-0.1, -0.05) is 103 Å². The molecule has 26 heavy (non-hydrogen) atoms. The number of hydrogen-bond acceptors (Lipinski definition) is 1. The van der Waals surface area contributed by atoms with Crippen LogP contribution in [0.25, 0.3) is 6.08 Å². The monoisotopic (exact) mass is 353 g/mol. The van der Waals surface area contributed by atoms with E-state index < -0.39 is 8.07 Å². The fourth-order valence-corrected chi connectivity index (χ4v) is 4.78. The van der Waals surface area contributed by atoms with Gasteiger partial charge in [-0.3, -0.25) is 0 Å². The second-order valence-corrected chi connectivity index (χ2v) is 13.0. The molecule has 0 saturated carbocycles. The lowest BCUT2D eigenvalue weighted by atomic mass is 9.52. The molecule has 0 spiro atoms. The van der Waals surface area contributed by atoms with E-state index in [2.05, 4.69) is 115 Å². The molecule has 0 unspecified atom stereocenters.